The van der Waals surface area contributed by atoms with E-state index in [0.29, 0.717) is 29.9 Å². The number of rotatable bonds is 2. The lowest BCUT2D eigenvalue weighted by Crippen LogP contribution is -2.25. The minimum atomic E-state index is 0.0796. The summed E-state index contributed by atoms with van der Waals surface area (Å²) < 4.78 is 0. The molecule has 1 aromatic rings. The molecule has 1 saturated heterocycles. The Kier molecular flexibility index (Phi) is 3.21. The molecule has 2 heterocycles. The smallest absolute Gasteiger partial charge is 0.228 e. The molecule has 6 heteroatoms. The van der Waals surface area contributed by atoms with Crippen LogP contribution in [0.3, 0.4) is 0 Å². The Bertz CT molecular complexity index is 387. The molecule has 1 aliphatic heterocycles. The number of nitrogens with zero attached hydrogens (tertiary/aromatic N) is 3. The minimum absolute atomic E-state index is 0.0796. The van der Waals surface area contributed by atoms with Crippen molar-refractivity contribution in [1.29, 1.82) is 0 Å². The highest BCUT2D eigenvalue weighted by molar-refractivity contribution is 9.09. The summed E-state index contributed by atoms with van der Waals surface area (Å²) in [4.78, 5) is 21.3. The van der Waals surface area contributed by atoms with Gasteiger partial charge in [-0.2, -0.15) is 0 Å². The van der Waals surface area contributed by atoms with E-state index < -0.39 is 0 Å². The Hall–Kier alpha value is -0.680. The fourth-order valence-corrected chi connectivity index (χ4v) is 2.15. The average molecular weight is 291 g/mol. The highest BCUT2D eigenvalue weighted by Crippen LogP contribution is 2.24. The number of carbonyl (C=O) groups excluding carboxylic acids is 1. The van der Waals surface area contributed by atoms with Crippen molar-refractivity contribution in [2.24, 2.45) is 5.92 Å². The standard InChI is InChI=1S/C9H9BrClN3O/c10-2-6-1-9(15)14(5-6)8-4-12-3-7(11)13-8/h3-4,6H,1-2,5H2. The first-order valence-corrected chi connectivity index (χ1v) is 6.04. The van der Waals surface area contributed by atoms with Gasteiger partial charge < -0.3 is 0 Å². The molecular weight excluding hydrogens is 281 g/mol. The quantitative estimate of drug-likeness (QED) is 0.781. The van der Waals surface area contributed by atoms with Crippen molar-refractivity contribution >= 4 is 39.3 Å². The molecule has 1 unspecified atom stereocenters. The van der Waals surface area contributed by atoms with E-state index in [0.717, 1.165) is 5.33 Å². The van der Waals surface area contributed by atoms with E-state index in [2.05, 4.69) is 25.9 Å². The zero-order valence-corrected chi connectivity index (χ0v) is 10.2. The number of carbonyl (C=O) groups is 1. The van der Waals surface area contributed by atoms with E-state index in [1.807, 2.05) is 0 Å². The Labute approximate surface area is 101 Å². The van der Waals surface area contributed by atoms with Crippen LogP contribution >= 0.6 is 27.5 Å². The van der Waals surface area contributed by atoms with E-state index in [4.69, 9.17) is 11.6 Å². The van der Waals surface area contributed by atoms with Gasteiger partial charge in [0.2, 0.25) is 5.91 Å². The van der Waals surface area contributed by atoms with Crippen molar-refractivity contribution in [2.75, 3.05) is 16.8 Å². The molecule has 1 fully saturated rings. The Morgan fingerprint density at radius 3 is 3.00 bits per heavy atom. The van der Waals surface area contributed by atoms with E-state index >= 15 is 0 Å². The summed E-state index contributed by atoms with van der Waals surface area (Å²) in [5, 5.41) is 1.13. The molecule has 0 bridgehead atoms. The molecule has 2 rings (SSSR count). The lowest BCUT2D eigenvalue weighted by atomic mass is 10.2. The largest absolute Gasteiger partial charge is 0.295 e. The summed E-state index contributed by atoms with van der Waals surface area (Å²) in [5.41, 5.74) is 0. The van der Waals surface area contributed by atoms with Gasteiger partial charge in [0.05, 0.1) is 12.4 Å². The molecule has 0 spiro atoms. The van der Waals surface area contributed by atoms with Crippen molar-refractivity contribution in [1.82, 2.24) is 9.97 Å². The third-order valence-electron chi connectivity index (χ3n) is 2.29. The molecule has 80 valence electrons. The second-order valence-corrected chi connectivity index (χ2v) is 4.46. The predicted octanol–water partition coefficient (Wildman–Crippen LogP) is 1.88. The molecule has 1 aliphatic rings. The molecule has 15 heavy (non-hydrogen) atoms. The van der Waals surface area contributed by atoms with Gasteiger partial charge in [0.1, 0.15) is 5.15 Å². The highest BCUT2D eigenvalue weighted by Gasteiger charge is 2.30. The lowest BCUT2D eigenvalue weighted by Gasteiger charge is -2.14. The summed E-state index contributed by atoms with van der Waals surface area (Å²) >= 11 is 9.10. The molecular formula is C9H9BrClN3O. The molecule has 0 radical (unpaired) electrons. The Balaban J connectivity index is 2.21. The number of alkyl halides is 1. The van der Waals surface area contributed by atoms with Crippen LogP contribution in [0.4, 0.5) is 5.82 Å². The van der Waals surface area contributed by atoms with Crippen molar-refractivity contribution in [3.8, 4) is 0 Å². The van der Waals surface area contributed by atoms with Crippen LogP contribution < -0.4 is 4.90 Å². The fraction of sp³-hybridized carbons (Fsp3) is 0.444. The second kappa shape index (κ2) is 4.45. The van der Waals surface area contributed by atoms with Crippen LogP contribution in [0.1, 0.15) is 6.42 Å². The Morgan fingerprint density at radius 1 is 1.60 bits per heavy atom. The number of amides is 1. The lowest BCUT2D eigenvalue weighted by molar-refractivity contribution is -0.117. The number of hydrogen-bond acceptors (Lipinski definition) is 3. The number of halogens is 2. The van der Waals surface area contributed by atoms with E-state index in [9.17, 15) is 4.79 Å². The van der Waals surface area contributed by atoms with Gasteiger partial charge in [0, 0.05) is 18.3 Å². The highest BCUT2D eigenvalue weighted by atomic mass is 79.9. The van der Waals surface area contributed by atoms with Crippen LogP contribution in [0, 0.1) is 5.92 Å². The molecule has 0 N–H and O–H groups in total. The SMILES string of the molecule is O=C1CC(CBr)CN1c1cncc(Cl)n1. The van der Waals surface area contributed by atoms with E-state index in [1.54, 1.807) is 11.1 Å². The maximum absolute atomic E-state index is 11.6. The van der Waals surface area contributed by atoms with Crippen molar-refractivity contribution in [3.63, 3.8) is 0 Å². The zero-order chi connectivity index (χ0) is 10.8. The van der Waals surface area contributed by atoms with Gasteiger partial charge in [-0.15, -0.1) is 0 Å². The predicted molar refractivity (Wildman–Crippen MR) is 61.3 cm³/mol. The first kappa shape index (κ1) is 10.8. The number of aromatic nitrogens is 2. The first-order valence-electron chi connectivity index (χ1n) is 4.54. The maximum Gasteiger partial charge on any atom is 0.228 e. The van der Waals surface area contributed by atoms with Crippen molar-refractivity contribution < 1.29 is 4.79 Å². The van der Waals surface area contributed by atoms with Crippen LogP contribution in [0.15, 0.2) is 12.4 Å². The average Bonchev–Trinajstić information content (AvgIpc) is 2.60. The van der Waals surface area contributed by atoms with Gasteiger partial charge >= 0.3 is 0 Å². The third kappa shape index (κ3) is 2.29. The molecule has 0 aliphatic carbocycles. The zero-order valence-electron chi connectivity index (χ0n) is 7.86. The number of hydrogen-bond donors (Lipinski definition) is 0. The third-order valence-corrected chi connectivity index (χ3v) is 3.39. The normalized spacial score (nSPS) is 21.1. The molecule has 0 saturated carbocycles. The van der Waals surface area contributed by atoms with Gasteiger partial charge in [-0.1, -0.05) is 27.5 Å². The molecule has 0 aromatic carbocycles. The van der Waals surface area contributed by atoms with Gasteiger partial charge in [-0.3, -0.25) is 14.7 Å². The van der Waals surface area contributed by atoms with E-state index in [1.165, 1.54) is 6.20 Å². The summed E-state index contributed by atoms with van der Waals surface area (Å²) in [5.74, 6) is 0.963. The van der Waals surface area contributed by atoms with Crippen LogP contribution in [0.2, 0.25) is 5.15 Å². The monoisotopic (exact) mass is 289 g/mol. The minimum Gasteiger partial charge on any atom is -0.295 e. The summed E-state index contributed by atoms with van der Waals surface area (Å²) in [7, 11) is 0. The summed E-state index contributed by atoms with van der Waals surface area (Å²) in [6.45, 7) is 0.680. The van der Waals surface area contributed by atoms with Gasteiger partial charge in [-0.25, -0.2) is 4.98 Å². The van der Waals surface area contributed by atoms with Crippen LogP contribution in [-0.2, 0) is 4.79 Å². The summed E-state index contributed by atoms with van der Waals surface area (Å²) in [6.07, 6.45) is 3.56. The van der Waals surface area contributed by atoms with Gasteiger partial charge in [0.15, 0.2) is 5.82 Å². The van der Waals surface area contributed by atoms with Crippen molar-refractivity contribution in [2.45, 2.75) is 6.42 Å². The first-order chi connectivity index (χ1) is 7.20. The van der Waals surface area contributed by atoms with E-state index in [-0.39, 0.29) is 5.91 Å². The van der Waals surface area contributed by atoms with Crippen LogP contribution in [0.5, 0.6) is 0 Å². The molecule has 1 aromatic heterocycles. The topological polar surface area (TPSA) is 46.1 Å². The second-order valence-electron chi connectivity index (χ2n) is 3.43. The summed E-state index contributed by atoms with van der Waals surface area (Å²) in [6, 6.07) is 0. The van der Waals surface area contributed by atoms with Crippen LogP contribution in [-0.4, -0.2) is 27.7 Å². The van der Waals surface area contributed by atoms with Gasteiger partial charge in [-0.05, 0) is 5.92 Å². The molecule has 4 nitrogen and oxygen atoms in total. The molecule has 1 atom stereocenters. The fourth-order valence-electron chi connectivity index (χ4n) is 1.57. The Morgan fingerprint density at radius 2 is 2.40 bits per heavy atom. The van der Waals surface area contributed by atoms with Gasteiger partial charge in [0.25, 0.3) is 0 Å². The van der Waals surface area contributed by atoms with Crippen molar-refractivity contribution in [3.05, 3.63) is 17.5 Å². The van der Waals surface area contributed by atoms with Crippen LogP contribution in [0.25, 0.3) is 0 Å². The number of anilines is 1. The maximum atomic E-state index is 11.6. The molecule has 1 amide bonds.